The average molecular weight is 407 g/mol. The van der Waals surface area contributed by atoms with Crippen molar-refractivity contribution in [3.63, 3.8) is 0 Å². The molecule has 2 amide bonds. The zero-order chi connectivity index (χ0) is 20.8. The first-order chi connectivity index (χ1) is 14.7. The van der Waals surface area contributed by atoms with Crippen LogP contribution in [0.1, 0.15) is 5.56 Å². The summed E-state index contributed by atoms with van der Waals surface area (Å²) in [5.41, 5.74) is 2.17. The summed E-state index contributed by atoms with van der Waals surface area (Å²) >= 11 is 0. The third-order valence-corrected chi connectivity index (χ3v) is 5.60. The van der Waals surface area contributed by atoms with Crippen LogP contribution in [0, 0.1) is 5.82 Å². The van der Waals surface area contributed by atoms with E-state index in [2.05, 4.69) is 38.6 Å². The predicted molar refractivity (Wildman–Crippen MR) is 119 cm³/mol. The second-order valence-electron chi connectivity index (χ2n) is 7.55. The molecule has 5 nitrogen and oxygen atoms in total. The molecule has 2 N–H and O–H groups in total. The second kappa shape index (κ2) is 9.59. The Morgan fingerprint density at radius 3 is 2.40 bits per heavy atom. The van der Waals surface area contributed by atoms with Crippen molar-refractivity contribution < 1.29 is 9.18 Å². The van der Waals surface area contributed by atoms with Gasteiger partial charge < -0.3 is 15.5 Å². The van der Waals surface area contributed by atoms with Gasteiger partial charge in [-0.05, 0) is 40.6 Å². The minimum Gasteiger partial charge on any atom is -0.369 e. The molecule has 1 heterocycles. The number of piperazine rings is 1. The van der Waals surface area contributed by atoms with Crippen LogP contribution in [-0.2, 0) is 6.54 Å². The number of nitrogens with one attached hydrogen (secondary N) is 2. The number of fused-ring (bicyclic) bond motifs is 1. The molecule has 1 saturated heterocycles. The van der Waals surface area contributed by atoms with Gasteiger partial charge in [-0.2, -0.15) is 0 Å². The van der Waals surface area contributed by atoms with Gasteiger partial charge in [0.1, 0.15) is 5.82 Å². The van der Waals surface area contributed by atoms with E-state index in [0.29, 0.717) is 13.1 Å². The highest BCUT2D eigenvalue weighted by Crippen LogP contribution is 2.18. The molecule has 0 atom stereocenters. The van der Waals surface area contributed by atoms with Crippen LogP contribution in [0.3, 0.4) is 0 Å². The molecule has 0 unspecified atom stereocenters. The van der Waals surface area contributed by atoms with Gasteiger partial charge in [0.25, 0.3) is 0 Å². The monoisotopic (exact) mass is 406 g/mol. The number of hydrogen-bond donors (Lipinski definition) is 2. The van der Waals surface area contributed by atoms with E-state index in [1.54, 1.807) is 0 Å². The molecule has 156 valence electrons. The zero-order valence-corrected chi connectivity index (χ0v) is 17.0. The second-order valence-corrected chi connectivity index (χ2v) is 7.55. The largest absolute Gasteiger partial charge is 0.369 e. The van der Waals surface area contributed by atoms with Gasteiger partial charge in [-0.15, -0.1) is 0 Å². The first-order valence-electron chi connectivity index (χ1n) is 10.4. The van der Waals surface area contributed by atoms with Crippen LogP contribution in [0.5, 0.6) is 0 Å². The zero-order valence-electron chi connectivity index (χ0n) is 17.0. The fourth-order valence-corrected chi connectivity index (χ4v) is 3.89. The van der Waals surface area contributed by atoms with Gasteiger partial charge in [-0.25, -0.2) is 9.18 Å². The fraction of sp³-hybridized carbons (Fsp3) is 0.292. The number of amides is 2. The highest BCUT2D eigenvalue weighted by molar-refractivity contribution is 5.86. The molecule has 1 aliphatic rings. The van der Waals surface area contributed by atoms with E-state index >= 15 is 0 Å². The Labute approximate surface area is 176 Å². The number of anilines is 1. The number of carbonyl (C=O) groups is 1. The molecule has 1 fully saturated rings. The summed E-state index contributed by atoms with van der Waals surface area (Å²) in [4.78, 5) is 16.8. The maximum absolute atomic E-state index is 13.1. The van der Waals surface area contributed by atoms with E-state index in [-0.39, 0.29) is 11.8 Å². The molecule has 30 heavy (non-hydrogen) atoms. The standard InChI is InChI=1S/C24H27FN4O/c25-21-8-10-22(11-9-21)29-16-14-28(15-17-29)13-12-26-24(30)27-18-20-6-3-5-19-4-1-2-7-23(19)20/h1-11H,12-18H2,(H2,26,27,30). The Kier molecular flexibility index (Phi) is 6.44. The van der Waals surface area contributed by atoms with Gasteiger partial charge in [-0.3, -0.25) is 4.90 Å². The predicted octanol–water partition coefficient (Wildman–Crippen LogP) is 3.60. The van der Waals surface area contributed by atoms with Crippen LogP contribution in [0.2, 0.25) is 0 Å². The smallest absolute Gasteiger partial charge is 0.315 e. The van der Waals surface area contributed by atoms with Gasteiger partial charge >= 0.3 is 6.03 Å². The number of carbonyl (C=O) groups excluding carboxylic acids is 1. The minimum atomic E-state index is -0.206. The van der Waals surface area contributed by atoms with Crippen molar-refractivity contribution >= 4 is 22.5 Å². The van der Waals surface area contributed by atoms with E-state index in [4.69, 9.17) is 0 Å². The Hall–Kier alpha value is -3.12. The summed E-state index contributed by atoms with van der Waals surface area (Å²) in [7, 11) is 0. The quantitative estimate of drug-likeness (QED) is 0.658. The van der Waals surface area contributed by atoms with E-state index in [9.17, 15) is 9.18 Å². The number of nitrogens with zero attached hydrogens (tertiary/aromatic N) is 2. The molecule has 4 rings (SSSR count). The van der Waals surface area contributed by atoms with Gasteiger partial charge in [0.15, 0.2) is 0 Å². The van der Waals surface area contributed by atoms with Gasteiger partial charge in [0.2, 0.25) is 0 Å². The molecule has 3 aromatic rings. The molecular formula is C24H27FN4O. The molecular weight excluding hydrogens is 379 g/mol. The van der Waals surface area contributed by atoms with Crippen molar-refractivity contribution in [1.82, 2.24) is 15.5 Å². The lowest BCUT2D eigenvalue weighted by Crippen LogP contribution is -2.49. The topological polar surface area (TPSA) is 47.6 Å². The van der Waals surface area contributed by atoms with E-state index in [1.807, 2.05) is 36.4 Å². The Morgan fingerprint density at radius 2 is 1.60 bits per heavy atom. The number of urea groups is 1. The molecule has 0 spiro atoms. The third-order valence-electron chi connectivity index (χ3n) is 5.60. The number of halogens is 1. The first-order valence-corrected chi connectivity index (χ1v) is 10.4. The van der Waals surface area contributed by atoms with Gasteiger partial charge in [0.05, 0.1) is 0 Å². The van der Waals surface area contributed by atoms with Crippen LogP contribution < -0.4 is 15.5 Å². The minimum absolute atomic E-state index is 0.145. The fourth-order valence-electron chi connectivity index (χ4n) is 3.89. The summed E-state index contributed by atoms with van der Waals surface area (Å²) in [5, 5.41) is 8.25. The van der Waals surface area contributed by atoms with Gasteiger partial charge in [-0.1, -0.05) is 42.5 Å². The number of benzene rings is 3. The molecule has 0 aliphatic carbocycles. The third kappa shape index (κ3) is 5.07. The average Bonchev–Trinajstić information content (AvgIpc) is 2.79. The van der Waals surface area contributed by atoms with Crippen LogP contribution in [-0.4, -0.2) is 50.2 Å². The maximum Gasteiger partial charge on any atom is 0.315 e. The molecule has 0 bridgehead atoms. The van der Waals surface area contributed by atoms with Gasteiger partial charge in [0, 0.05) is 51.5 Å². The highest BCUT2D eigenvalue weighted by Gasteiger charge is 2.17. The lowest BCUT2D eigenvalue weighted by Gasteiger charge is -2.36. The Balaban J connectivity index is 1.17. The summed E-state index contributed by atoms with van der Waals surface area (Å²) in [6, 6.07) is 20.8. The van der Waals surface area contributed by atoms with E-state index in [0.717, 1.165) is 44.0 Å². The summed E-state index contributed by atoms with van der Waals surface area (Å²) < 4.78 is 13.1. The summed E-state index contributed by atoms with van der Waals surface area (Å²) in [6.45, 7) is 5.59. The molecule has 1 aliphatic heterocycles. The maximum atomic E-state index is 13.1. The van der Waals surface area contributed by atoms with E-state index in [1.165, 1.54) is 22.9 Å². The molecule has 6 heteroatoms. The Morgan fingerprint density at radius 1 is 0.867 bits per heavy atom. The molecule has 3 aromatic carbocycles. The molecule has 0 radical (unpaired) electrons. The van der Waals surface area contributed by atoms with E-state index < -0.39 is 0 Å². The lowest BCUT2D eigenvalue weighted by atomic mass is 10.0. The van der Waals surface area contributed by atoms with Crippen LogP contribution in [0.15, 0.2) is 66.7 Å². The summed E-state index contributed by atoms with van der Waals surface area (Å²) in [5.74, 6) is -0.206. The SMILES string of the molecule is O=C(NCCN1CCN(c2ccc(F)cc2)CC1)NCc1cccc2ccccc12. The van der Waals surface area contributed by atoms with Crippen LogP contribution in [0.4, 0.5) is 14.9 Å². The number of hydrogen-bond acceptors (Lipinski definition) is 3. The highest BCUT2D eigenvalue weighted by atomic mass is 19.1. The van der Waals surface area contributed by atoms with Crippen molar-refractivity contribution in [3.05, 3.63) is 78.1 Å². The molecule has 0 aromatic heterocycles. The summed E-state index contributed by atoms with van der Waals surface area (Å²) in [6.07, 6.45) is 0. The molecule has 0 saturated carbocycles. The Bertz CT molecular complexity index is 979. The van der Waals surface area contributed by atoms with Crippen LogP contribution >= 0.6 is 0 Å². The lowest BCUT2D eigenvalue weighted by molar-refractivity contribution is 0.232. The van der Waals surface area contributed by atoms with Crippen molar-refractivity contribution in [2.75, 3.05) is 44.2 Å². The van der Waals surface area contributed by atoms with Crippen molar-refractivity contribution in [1.29, 1.82) is 0 Å². The normalized spacial score (nSPS) is 14.6. The number of rotatable bonds is 6. The van der Waals surface area contributed by atoms with Crippen molar-refractivity contribution in [3.8, 4) is 0 Å². The first kappa shape index (κ1) is 20.2. The van der Waals surface area contributed by atoms with Crippen molar-refractivity contribution in [2.45, 2.75) is 6.54 Å². The van der Waals surface area contributed by atoms with Crippen LogP contribution in [0.25, 0.3) is 10.8 Å². The van der Waals surface area contributed by atoms with Crippen molar-refractivity contribution in [2.24, 2.45) is 0 Å².